The van der Waals surface area contributed by atoms with Gasteiger partial charge in [0.25, 0.3) is 11.8 Å². The Bertz CT molecular complexity index is 976. The summed E-state index contributed by atoms with van der Waals surface area (Å²) in [5.41, 5.74) is 2.46. The zero-order valence-corrected chi connectivity index (χ0v) is 17.5. The molecule has 30 heavy (non-hydrogen) atoms. The molecule has 2 heterocycles. The lowest BCUT2D eigenvalue weighted by Gasteiger charge is -2.37. The molecule has 0 saturated carbocycles. The van der Waals surface area contributed by atoms with Crippen molar-refractivity contribution in [2.24, 2.45) is 0 Å². The minimum Gasteiger partial charge on any atom is -0.496 e. The highest BCUT2D eigenvalue weighted by atomic mass is 16.5. The molecule has 2 aromatic rings. The standard InChI is InChI=1S/C24H26N2O4/c1-16-13-25(14-17(2)30-16)22-21(18-9-5-4-6-10-18)23(27)26(24(22)28)15-19-11-7-8-12-20(19)29-3/h4-12,16-17H,13-15H2,1-3H3. The van der Waals surface area contributed by atoms with Gasteiger partial charge in [-0.2, -0.15) is 0 Å². The summed E-state index contributed by atoms with van der Waals surface area (Å²) < 4.78 is 11.3. The SMILES string of the molecule is COc1ccccc1CN1C(=O)C(c2ccccc2)=C(N2CC(C)OC(C)C2)C1=O. The molecule has 0 aromatic heterocycles. The summed E-state index contributed by atoms with van der Waals surface area (Å²) in [5, 5.41) is 0. The van der Waals surface area contributed by atoms with Gasteiger partial charge >= 0.3 is 0 Å². The molecule has 0 bridgehead atoms. The fourth-order valence-corrected chi connectivity index (χ4v) is 4.23. The second kappa shape index (κ2) is 8.32. The summed E-state index contributed by atoms with van der Waals surface area (Å²) in [7, 11) is 1.59. The van der Waals surface area contributed by atoms with Crippen molar-refractivity contribution in [2.45, 2.75) is 32.6 Å². The van der Waals surface area contributed by atoms with Gasteiger partial charge in [0.05, 0.1) is 31.4 Å². The molecular formula is C24H26N2O4. The average Bonchev–Trinajstić information content (AvgIpc) is 2.99. The molecule has 1 fully saturated rings. The summed E-state index contributed by atoms with van der Waals surface area (Å²) in [4.78, 5) is 30.3. The maximum atomic E-state index is 13.5. The van der Waals surface area contributed by atoms with Crippen molar-refractivity contribution in [3.05, 3.63) is 71.4 Å². The van der Waals surface area contributed by atoms with E-state index in [2.05, 4.69) is 0 Å². The van der Waals surface area contributed by atoms with E-state index in [0.29, 0.717) is 30.1 Å². The number of benzene rings is 2. The van der Waals surface area contributed by atoms with Crippen LogP contribution in [-0.2, 0) is 20.9 Å². The number of hydrogen-bond acceptors (Lipinski definition) is 5. The molecule has 2 amide bonds. The van der Waals surface area contributed by atoms with Crippen LogP contribution >= 0.6 is 0 Å². The molecule has 1 saturated heterocycles. The van der Waals surface area contributed by atoms with Gasteiger partial charge in [-0.25, -0.2) is 0 Å². The molecule has 156 valence electrons. The molecule has 2 aliphatic heterocycles. The molecule has 6 heteroatoms. The van der Waals surface area contributed by atoms with Crippen LogP contribution in [0.1, 0.15) is 25.0 Å². The Kier molecular flexibility index (Phi) is 5.59. The first-order valence-corrected chi connectivity index (χ1v) is 10.2. The zero-order chi connectivity index (χ0) is 21.3. The number of ether oxygens (including phenoxy) is 2. The van der Waals surface area contributed by atoms with Gasteiger partial charge in [0.2, 0.25) is 0 Å². The third kappa shape index (κ3) is 3.71. The summed E-state index contributed by atoms with van der Waals surface area (Å²) >= 11 is 0. The van der Waals surface area contributed by atoms with Gasteiger partial charge < -0.3 is 14.4 Å². The van der Waals surface area contributed by atoms with Crippen molar-refractivity contribution in [2.75, 3.05) is 20.2 Å². The quantitative estimate of drug-likeness (QED) is 0.715. The molecule has 4 rings (SSSR count). The lowest BCUT2D eigenvalue weighted by atomic mass is 10.0. The van der Waals surface area contributed by atoms with E-state index in [-0.39, 0.29) is 30.6 Å². The number of methoxy groups -OCH3 is 1. The number of carbonyl (C=O) groups excluding carboxylic acids is 2. The summed E-state index contributed by atoms with van der Waals surface area (Å²) in [6.45, 7) is 5.27. The summed E-state index contributed by atoms with van der Waals surface area (Å²) in [5.74, 6) is 0.103. The van der Waals surface area contributed by atoms with Crippen molar-refractivity contribution in [3.8, 4) is 5.75 Å². The monoisotopic (exact) mass is 406 g/mol. The number of amides is 2. The number of carbonyl (C=O) groups is 2. The molecule has 2 aromatic carbocycles. The third-order valence-corrected chi connectivity index (χ3v) is 5.46. The van der Waals surface area contributed by atoms with Gasteiger partial charge in [-0.05, 0) is 25.5 Å². The Labute approximate surface area is 176 Å². The van der Waals surface area contributed by atoms with E-state index < -0.39 is 0 Å². The Morgan fingerprint density at radius 2 is 1.57 bits per heavy atom. The highest BCUT2D eigenvalue weighted by Gasteiger charge is 2.43. The topological polar surface area (TPSA) is 59.1 Å². The van der Waals surface area contributed by atoms with Gasteiger partial charge in [0, 0.05) is 18.7 Å². The lowest BCUT2D eigenvalue weighted by Crippen LogP contribution is -2.46. The van der Waals surface area contributed by atoms with Gasteiger partial charge in [-0.15, -0.1) is 0 Å². The molecule has 0 spiro atoms. The van der Waals surface area contributed by atoms with Crippen LogP contribution in [0.5, 0.6) is 5.75 Å². The number of para-hydroxylation sites is 1. The van der Waals surface area contributed by atoms with Gasteiger partial charge in [0.15, 0.2) is 0 Å². The van der Waals surface area contributed by atoms with Crippen molar-refractivity contribution < 1.29 is 19.1 Å². The molecule has 0 N–H and O–H groups in total. The van der Waals surface area contributed by atoms with E-state index in [0.717, 1.165) is 11.1 Å². The molecule has 2 unspecified atom stereocenters. The Hall–Kier alpha value is -3.12. The second-order valence-electron chi connectivity index (χ2n) is 7.76. The Balaban J connectivity index is 1.74. The van der Waals surface area contributed by atoms with Gasteiger partial charge in [0.1, 0.15) is 11.4 Å². The Morgan fingerprint density at radius 3 is 2.23 bits per heavy atom. The number of morpholine rings is 1. The molecule has 0 radical (unpaired) electrons. The van der Waals surface area contributed by atoms with E-state index in [9.17, 15) is 9.59 Å². The van der Waals surface area contributed by atoms with Crippen molar-refractivity contribution in [3.63, 3.8) is 0 Å². The second-order valence-corrected chi connectivity index (χ2v) is 7.76. The Morgan fingerprint density at radius 1 is 0.933 bits per heavy atom. The number of rotatable bonds is 5. The normalized spacial score (nSPS) is 22.1. The van der Waals surface area contributed by atoms with Crippen molar-refractivity contribution in [1.82, 2.24) is 9.80 Å². The van der Waals surface area contributed by atoms with Gasteiger partial charge in [-0.3, -0.25) is 14.5 Å². The fraction of sp³-hybridized carbons (Fsp3) is 0.333. The van der Waals surface area contributed by atoms with Crippen LogP contribution in [0.15, 0.2) is 60.3 Å². The summed E-state index contributed by atoms with van der Waals surface area (Å²) in [6.07, 6.45) is -0.0473. The first-order chi connectivity index (χ1) is 14.5. The fourth-order valence-electron chi connectivity index (χ4n) is 4.23. The maximum absolute atomic E-state index is 13.5. The van der Waals surface area contributed by atoms with Crippen LogP contribution in [0, 0.1) is 0 Å². The van der Waals surface area contributed by atoms with E-state index >= 15 is 0 Å². The van der Waals surface area contributed by atoms with Crippen molar-refractivity contribution in [1.29, 1.82) is 0 Å². The third-order valence-electron chi connectivity index (χ3n) is 5.46. The predicted octanol–water partition coefficient (Wildman–Crippen LogP) is 3.08. The first-order valence-electron chi connectivity index (χ1n) is 10.2. The molecule has 6 nitrogen and oxygen atoms in total. The summed E-state index contributed by atoms with van der Waals surface area (Å²) in [6, 6.07) is 16.9. The molecule has 2 atom stereocenters. The molecule has 0 aliphatic carbocycles. The van der Waals surface area contributed by atoms with E-state index in [4.69, 9.17) is 9.47 Å². The van der Waals surface area contributed by atoms with Crippen LogP contribution in [-0.4, -0.2) is 54.0 Å². The van der Waals surface area contributed by atoms with Crippen LogP contribution in [0.3, 0.4) is 0 Å². The highest BCUT2D eigenvalue weighted by molar-refractivity contribution is 6.35. The minimum atomic E-state index is -0.279. The lowest BCUT2D eigenvalue weighted by molar-refractivity contribution is -0.139. The van der Waals surface area contributed by atoms with Crippen LogP contribution in [0.4, 0.5) is 0 Å². The first kappa shape index (κ1) is 20.2. The molecular weight excluding hydrogens is 380 g/mol. The predicted molar refractivity (Wildman–Crippen MR) is 113 cm³/mol. The van der Waals surface area contributed by atoms with Crippen molar-refractivity contribution >= 4 is 17.4 Å². The average molecular weight is 406 g/mol. The smallest absolute Gasteiger partial charge is 0.278 e. The minimum absolute atomic E-state index is 0.0237. The number of nitrogens with zero attached hydrogens (tertiary/aromatic N) is 2. The van der Waals surface area contributed by atoms with Crippen LogP contribution < -0.4 is 4.74 Å². The number of imide groups is 1. The zero-order valence-electron chi connectivity index (χ0n) is 17.5. The van der Waals surface area contributed by atoms with E-state index in [1.54, 1.807) is 7.11 Å². The number of hydrogen-bond donors (Lipinski definition) is 0. The van der Waals surface area contributed by atoms with E-state index in [1.165, 1.54) is 4.90 Å². The van der Waals surface area contributed by atoms with Gasteiger partial charge in [-0.1, -0.05) is 48.5 Å². The highest BCUT2D eigenvalue weighted by Crippen LogP contribution is 2.34. The van der Waals surface area contributed by atoms with Crippen LogP contribution in [0.2, 0.25) is 0 Å². The largest absolute Gasteiger partial charge is 0.496 e. The maximum Gasteiger partial charge on any atom is 0.278 e. The molecule has 2 aliphatic rings. The van der Waals surface area contributed by atoms with Crippen LogP contribution in [0.25, 0.3) is 5.57 Å². The van der Waals surface area contributed by atoms with E-state index in [1.807, 2.05) is 73.3 Å².